The number of hydrogen-bond acceptors (Lipinski definition) is 6. The van der Waals surface area contributed by atoms with Gasteiger partial charge in [0.15, 0.2) is 10.4 Å². The lowest BCUT2D eigenvalue weighted by atomic mass is 10.6. The molecule has 9 nitrogen and oxygen atoms in total. The number of sulfonamides is 1. The molecular weight excluding hydrogens is 316 g/mol. The zero-order valence-corrected chi connectivity index (χ0v) is 11.5. The Morgan fingerprint density at radius 1 is 1.71 bits per heavy atom. The number of halogens is 1. The summed E-state index contributed by atoms with van der Waals surface area (Å²) < 4.78 is 26.3. The molecule has 0 aliphatic carbocycles. The molecule has 1 rings (SSSR count). The Morgan fingerprint density at radius 3 is 2.71 bits per heavy atom. The first-order valence-electron chi connectivity index (χ1n) is 4.28. The molecule has 0 unspecified atom stereocenters. The van der Waals surface area contributed by atoms with Crippen molar-refractivity contribution in [2.45, 2.75) is 5.03 Å². The van der Waals surface area contributed by atoms with Crippen molar-refractivity contribution in [3.63, 3.8) is 0 Å². The van der Waals surface area contributed by atoms with Crippen LogP contribution >= 0.6 is 15.9 Å². The first kappa shape index (κ1) is 13.9. The van der Waals surface area contributed by atoms with Crippen LogP contribution in [0.25, 0.3) is 0 Å². The number of aryl methyl sites for hydroxylation is 1. The summed E-state index contributed by atoms with van der Waals surface area (Å²) in [5, 5.41) is 18.1. The van der Waals surface area contributed by atoms with E-state index in [1.165, 1.54) is 14.1 Å². The van der Waals surface area contributed by atoms with Crippen LogP contribution < -0.4 is 5.73 Å². The van der Waals surface area contributed by atoms with Crippen molar-refractivity contribution in [2.24, 2.45) is 17.9 Å². The lowest BCUT2D eigenvalue weighted by Crippen LogP contribution is -2.36. The Balaban J connectivity index is 3.12. The summed E-state index contributed by atoms with van der Waals surface area (Å²) in [5.74, 6) is -0.220. The topological polar surface area (TPSA) is 127 Å². The molecule has 0 amide bonds. The quantitative estimate of drug-likeness (QED) is 0.314. The Hall–Kier alpha value is -1.20. The van der Waals surface area contributed by atoms with Gasteiger partial charge in [0.1, 0.15) is 0 Å². The lowest BCUT2D eigenvalue weighted by molar-refractivity contribution is 0.315. The van der Waals surface area contributed by atoms with Crippen molar-refractivity contribution in [3.8, 4) is 0 Å². The number of nitrogens with zero attached hydrogens (tertiary/aromatic N) is 5. The Bertz CT molecular complexity index is 518. The van der Waals surface area contributed by atoms with Crippen molar-refractivity contribution in [2.75, 3.05) is 13.6 Å². The molecule has 3 N–H and O–H groups in total. The van der Waals surface area contributed by atoms with Gasteiger partial charge in [0, 0.05) is 14.1 Å². The molecule has 0 radical (unpaired) electrons. The van der Waals surface area contributed by atoms with Crippen LogP contribution in [0.1, 0.15) is 0 Å². The third kappa shape index (κ3) is 2.73. The van der Waals surface area contributed by atoms with E-state index in [2.05, 4.69) is 31.4 Å². The predicted molar refractivity (Wildman–Crippen MR) is 61.9 cm³/mol. The van der Waals surface area contributed by atoms with Gasteiger partial charge in [0.05, 0.1) is 6.54 Å². The molecule has 1 aromatic rings. The summed E-state index contributed by atoms with van der Waals surface area (Å²) in [7, 11) is -1.06. The monoisotopic (exact) mass is 326 g/mol. The number of hydrogen-bond donors (Lipinski definition) is 2. The van der Waals surface area contributed by atoms with Crippen LogP contribution in [0, 0.1) is 0 Å². The summed E-state index contributed by atoms with van der Waals surface area (Å²) in [4.78, 5) is 0. The van der Waals surface area contributed by atoms with Crippen LogP contribution in [0.2, 0.25) is 0 Å². The Morgan fingerprint density at radius 2 is 2.29 bits per heavy atom. The van der Waals surface area contributed by atoms with Crippen LogP contribution in [0.4, 0.5) is 0 Å². The number of nitrogens with two attached hydrogens (primary N) is 1. The van der Waals surface area contributed by atoms with Crippen molar-refractivity contribution in [1.29, 1.82) is 0 Å². The average Bonchev–Trinajstić information content (AvgIpc) is 2.58. The molecule has 1 heterocycles. The van der Waals surface area contributed by atoms with Crippen LogP contribution in [0.15, 0.2) is 14.8 Å². The molecule has 0 fully saturated rings. The van der Waals surface area contributed by atoms with Gasteiger partial charge in [-0.25, -0.2) is 13.1 Å². The van der Waals surface area contributed by atoms with E-state index in [0.717, 1.165) is 8.99 Å². The maximum Gasteiger partial charge on any atom is 0.263 e. The van der Waals surface area contributed by atoms with Crippen molar-refractivity contribution < 1.29 is 13.6 Å². The van der Waals surface area contributed by atoms with Gasteiger partial charge in [-0.1, -0.05) is 10.4 Å². The van der Waals surface area contributed by atoms with Crippen molar-refractivity contribution in [3.05, 3.63) is 4.60 Å². The second kappa shape index (κ2) is 4.98. The van der Waals surface area contributed by atoms with E-state index in [0.29, 0.717) is 0 Å². The van der Waals surface area contributed by atoms with E-state index in [4.69, 9.17) is 10.9 Å². The van der Waals surface area contributed by atoms with E-state index in [1.807, 2.05) is 0 Å². The van der Waals surface area contributed by atoms with Crippen LogP contribution in [-0.2, 0) is 17.1 Å². The van der Waals surface area contributed by atoms with E-state index in [1.54, 1.807) is 0 Å². The normalized spacial score (nSPS) is 13.3. The molecule has 1 aromatic heterocycles. The van der Waals surface area contributed by atoms with Gasteiger partial charge in [-0.15, -0.1) is 5.10 Å². The lowest BCUT2D eigenvalue weighted by Gasteiger charge is -2.15. The Labute approximate surface area is 106 Å². The zero-order valence-electron chi connectivity index (χ0n) is 9.07. The smallest absolute Gasteiger partial charge is 0.263 e. The molecule has 0 aromatic carbocycles. The third-order valence-corrected chi connectivity index (χ3v) is 4.60. The molecule has 0 bridgehead atoms. The van der Waals surface area contributed by atoms with Crippen LogP contribution in [-0.4, -0.2) is 52.4 Å². The van der Waals surface area contributed by atoms with Gasteiger partial charge in [0.25, 0.3) is 10.0 Å². The summed E-state index contributed by atoms with van der Waals surface area (Å²) in [6.07, 6.45) is 0. The van der Waals surface area contributed by atoms with Crippen molar-refractivity contribution in [1.82, 2.24) is 19.3 Å². The highest BCUT2D eigenvalue weighted by atomic mass is 79.9. The molecule has 0 spiro atoms. The number of oxime groups is 1. The number of likely N-dealkylation sites (N-methyl/N-ethyl adjacent to an activating group) is 1. The number of amidine groups is 1. The molecule has 96 valence electrons. The van der Waals surface area contributed by atoms with Gasteiger partial charge >= 0.3 is 0 Å². The van der Waals surface area contributed by atoms with E-state index in [-0.39, 0.29) is 22.0 Å². The van der Waals surface area contributed by atoms with Crippen LogP contribution in [0.3, 0.4) is 0 Å². The molecule has 0 atom stereocenters. The predicted octanol–water partition coefficient (Wildman–Crippen LogP) is -1.06. The van der Waals surface area contributed by atoms with E-state index >= 15 is 0 Å². The number of aromatic nitrogens is 3. The van der Waals surface area contributed by atoms with E-state index < -0.39 is 10.0 Å². The molecule has 17 heavy (non-hydrogen) atoms. The van der Waals surface area contributed by atoms with Gasteiger partial charge in [-0.05, 0) is 15.9 Å². The van der Waals surface area contributed by atoms with Crippen LogP contribution in [0.5, 0.6) is 0 Å². The summed E-state index contributed by atoms with van der Waals surface area (Å²) >= 11 is 2.99. The van der Waals surface area contributed by atoms with Crippen molar-refractivity contribution >= 4 is 31.8 Å². The molecule has 0 saturated carbocycles. The fourth-order valence-corrected chi connectivity index (χ4v) is 3.25. The standard InChI is InChI=1S/C6H11BrN6O3S/c1-12(3-4(8)10-14)17(15,16)6-5(7)9-11-13(6)2/h14H,3H2,1-2H3,(H2,8,10). The first-order chi connectivity index (χ1) is 7.80. The molecule has 0 saturated heterocycles. The summed E-state index contributed by atoms with van der Waals surface area (Å²) in [6.45, 7) is -0.240. The van der Waals surface area contributed by atoms with E-state index in [9.17, 15) is 8.42 Å². The molecule has 11 heteroatoms. The maximum absolute atomic E-state index is 12.1. The first-order valence-corrected chi connectivity index (χ1v) is 6.52. The highest BCUT2D eigenvalue weighted by molar-refractivity contribution is 9.10. The fourth-order valence-electron chi connectivity index (χ4n) is 1.09. The van der Waals surface area contributed by atoms with Gasteiger partial charge in [0.2, 0.25) is 5.03 Å². The summed E-state index contributed by atoms with van der Waals surface area (Å²) in [5.41, 5.74) is 5.24. The molecular formula is C6H11BrN6O3S. The van der Waals surface area contributed by atoms with Gasteiger partial charge < -0.3 is 10.9 Å². The molecule has 0 aliphatic rings. The molecule has 0 aliphatic heterocycles. The number of rotatable bonds is 4. The highest BCUT2D eigenvalue weighted by Crippen LogP contribution is 2.20. The fraction of sp³-hybridized carbons (Fsp3) is 0.500. The second-order valence-electron chi connectivity index (χ2n) is 3.16. The average molecular weight is 327 g/mol. The third-order valence-electron chi connectivity index (χ3n) is 1.90. The minimum absolute atomic E-state index is 0.103. The summed E-state index contributed by atoms with van der Waals surface area (Å²) in [6, 6.07) is 0. The maximum atomic E-state index is 12.1. The highest BCUT2D eigenvalue weighted by Gasteiger charge is 2.28. The minimum atomic E-state index is -3.81. The van der Waals surface area contributed by atoms with Gasteiger partial charge in [-0.2, -0.15) is 4.31 Å². The zero-order chi connectivity index (χ0) is 13.2. The second-order valence-corrected chi connectivity index (χ2v) is 5.87. The largest absolute Gasteiger partial charge is 0.409 e. The SMILES string of the molecule is CN(CC(N)=NO)S(=O)(=O)c1c(Br)nnn1C. The Kier molecular flexibility index (Phi) is 4.06. The minimum Gasteiger partial charge on any atom is -0.409 e. The van der Waals surface area contributed by atoms with Gasteiger partial charge in [-0.3, -0.25) is 0 Å².